The van der Waals surface area contributed by atoms with Crippen molar-refractivity contribution in [3.63, 3.8) is 0 Å². The molecule has 3 aliphatic rings. The lowest BCUT2D eigenvalue weighted by Gasteiger charge is -2.27. The molecule has 1 aromatic rings. The van der Waals surface area contributed by atoms with Crippen molar-refractivity contribution >= 4 is 11.6 Å². The molecular weight excluding hydrogens is 244 g/mol. The van der Waals surface area contributed by atoms with Crippen molar-refractivity contribution in [2.45, 2.75) is 25.3 Å². The topological polar surface area (TPSA) is 64.8 Å². The zero-order valence-electron chi connectivity index (χ0n) is 10.6. The van der Waals surface area contributed by atoms with Crippen molar-refractivity contribution in [1.29, 1.82) is 0 Å². The van der Waals surface area contributed by atoms with E-state index in [2.05, 4.69) is 0 Å². The molecule has 4 rings (SSSR count). The molecule has 1 aliphatic carbocycles. The Morgan fingerprint density at radius 1 is 1.26 bits per heavy atom. The van der Waals surface area contributed by atoms with Crippen molar-refractivity contribution in [2.75, 3.05) is 19.1 Å². The van der Waals surface area contributed by atoms with E-state index < -0.39 is 0 Å². The largest absolute Gasteiger partial charge is 0.454 e. The van der Waals surface area contributed by atoms with Crippen LogP contribution in [0.5, 0.6) is 11.5 Å². The summed E-state index contributed by atoms with van der Waals surface area (Å²) in [6.07, 6.45) is 3.53. The first kappa shape index (κ1) is 11.0. The van der Waals surface area contributed by atoms with Crippen molar-refractivity contribution < 1.29 is 14.3 Å². The summed E-state index contributed by atoms with van der Waals surface area (Å²) in [5, 5.41) is 0. The monoisotopic (exact) mass is 260 g/mol. The molecule has 2 aliphatic heterocycles. The van der Waals surface area contributed by atoms with Crippen molar-refractivity contribution in [3.8, 4) is 11.5 Å². The van der Waals surface area contributed by atoms with Crippen LogP contribution in [-0.2, 0) is 0 Å². The fraction of sp³-hybridized carbons (Fsp3) is 0.500. The van der Waals surface area contributed by atoms with E-state index in [4.69, 9.17) is 15.2 Å². The average molecular weight is 260 g/mol. The zero-order valence-corrected chi connectivity index (χ0v) is 10.6. The molecule has 0 aromatic heterocycles. The van der Waals surface area contributed by atoms with Crippen LogP contribution in [0, 0.1) is 5.92 Å². The highest BCUT2D eigenvalue weighted by atomic mass is 16.7. The Labute approximate surface area is 111 Å². The molecule has 100 valence electrons. The normalized spacial score (nSPS) is 27.1. The first-order chi connectivity index (χ1) is 9.22. The minimum atomic E-state index is 0.0306. The molecule has 2 atom stereocenters. The summed E-state index contributed by atoms with van der Waals surface area (Å²) < 4.78 is 10.6. The number of nitrogen functional groups attached to an aromatic ring is 1. The number of carbonyl (C=O) groups is 1. The maximum atomic E-state index is 12.6. The summed E-state index contributed by atoms with van der Waals surface area (Å²) in [4.78, 5) is 14.6. The lowest BCUT2D eigenvalue weighted by Crippen LogP contribution is -2.37. The molecule has 2 heterocycles. The number of anilines is 1. The summed E-state index contributed by atoms with van der Waals surface area (Å²) in [5.41, 5.74) is 6.99. The van der Waals surface area contributed by atoms with E-state index in [1.807, 2.05) is 4.90 Å². The minimum absolute atomic E-state index is 0.0306. The lowest BCUT2D eigenvalue weighted by molar-refractivity contribution is 0.0704. The molecule has 1 aromatic carbocycles. The molecule has 2 unspecified atom stereocenters. The number of hydrogen-bond acceptors (Lipinski definition) is 4. The Balaban J connectivity index is 1.67. The summed E-state index contributed by atoms with van der Waals surface area (Å²) in [5.74, 6) is 1.95. The standard InChI is InChI=1S/C14H16N2O3/c15-11-5-13-12(18-7-19-13)4-10(11)14(17)16-6-8-1-2-9(16)3-8/h4-5,8-9H,1-3,6-7,15H2. The third kappa shape index (κ3) is 1.57. The third-order valence-electron chi connectivity index (χ3n) is 4.45. The van der Waals surface area contributed by atoms with E-state index in [0.717, 1.165) is 19.4 Å². The van der Waals surface area contributed by atoms with Gasteiger partial charge in [0.25, 0.3) is 5.91 Å². The van der Waals surface area contributed by atoms with Crippen LogP contribution < -0.4 is 15.2 Å². The van der Waals surface area contributed by atoms with Gasteiger partial charge in [0.05, 0.1) is 5.56 Å². The summed E-state index contributed by atoms with van der Waals surface area (Å²) in [6, 6.07) is 3.80. The lowest BCUT2D eigenvalue weighted by atomic mass is 10.1. The molecule has 0 spiro atoms. The minimum Gasteiger partial charge on any atom is -0.454 e. The van der Waals surface area contributed by atoms with Gasteiger partial charge in [-0.25, -0.2) is 0 Å². The van der Waals surface area contributed by atoms with Crippen molar-refractivity contribution in [2.24, 2.45) is 5.92 Å². The first-order valence-electron chi connectivity index (χ1n) is 6.72. The fourth-order valence-corrected chi connectivity index (χ4v) is 3.47. The molecule has 1 saturated heterocycles. The fourth-order valence-electron chi connectivity index (χ4n) is 3.47. The molecule has 1 saturated carbocycles. The highest BCUT2D eigenvalue weighted by Crippen LogP contribution is 2.40. The van der Waals surface area contributed by atoms with Crippen molar-refractivity contribution in [1.82, 2.24) is 4.90 Å². The van der Waals surface area contributed by atoms with E-state index in [9.17, 15) is 4.79 Å². The predicted molar refractivity (Wildman–Crippen MR) is 69.1 cm³/mol. The van der Waals surface area contributed by atoms with Crippen molar-refractivity contribution in [3.05, 3.63) is 17.7 Å². The molecule has 5 heteroatoms. The molecular formula is C14H16N2O3. The van der Waals surface area contributed by atoms with Crippen LogP contribution >= 0.6 is 0 Å². The Morgan fingerprint density at radius 3 is 2.74 bits per heavy atom. The summed E-state index contributed by atoms with van der Waals surface area (Å²) >= 11 is 0. The van der Waals surface area contributed by atoms with Crippen LogP contribution in [-0.4, -0.2) is 30.2 Å². The van der Waals surface area contributed by atoms with Crippen LogP contribution in [0.2, 0.25) is 0 Å². The number of nitrogens with two attached hydrogens (primary N) is 1. The van der Waals surface area contributed by atoms with Crippen LogP contribution in [0.15, 0.2) is 12.1 Å². The van der Waals surface area contributed by atoms with E-state index >= 15 is 0 Å². The Kier molecular flexibility index (Phi) is 2.19. The van der Waals surface area contributed by atoms with E-state index in [1.54, 1.807) is 12.1 Å². The second kappa shape index (κ2) is 3.79. The number of benzene rings is 1. The number of fused-ring (bicyclic) bond motifs is 3. The highest BCUT2D eigenvalue weighted by molar-refractivity contribution is 6.00. The molecule has 5 nitrogen and oxygen atoms in total. The van der Waals surface area contributed by atoms with E-state index in [1.165, 1.54) is 6.42 Å². The average Bonchev–Trinajstić information content (AvgIpc) is 3.12. The number of likely N-dealkylation sites (tertiary alicyclic amines) is 1. The van der Waals surface area contributed by atoms with Gasteiger partial charge in [0.15, 0.2) is 11.5 Å². The molecule has 1 amide bonds. The number of rotatable bonds is 1. The number of ether oxygens (including phenoxy) is 2. The van der Waals surface area contributed by atoms with Crippen LogP contribution in [0.1, 0.15) is 29.6 Å². The first-order valence-corrected chi connectivity index (χ1v) is 6.72. The van der Waals surface area contributed by atoms with Gasteiger partial charge < -0.3 is 20.1 Å². The van der Waals surface area contributed by atoms with Gasteiger partial charge in [-0.1, -0.05) is 0 Å². The van der Waals surface area contributed by atoms with E-state index in [0.29, 0.717) is 34.7 Å². The SMILES string of the molecule is Nc1cc2c(cc1C(=O)N1CC3CCC1C3)OCO2. The van der Waals surface area contributed by atoms with Crippen LogP contribution in [0.4, 0.5) is 5.69 Å². The predicted octanol–water partition coefficient (Wildman–Crippen LogP) is 1.62. The van der Waals surface area contributed by atoms with Crippen LogP contribution in [0.25, 0.3) is 0 Å². The van der Waals surface area contributed by atoms with Gasteiger partial charge in [0.1, 0.15) is 0 Å². The number of amides is 1. The smallest absolute Gasteiger partial charge is 0.256 e. The number of nitrogens with zero attached hydrogens (tertiary/aromatic N) is 1. The second-order valence-electron chi connectivity index (χ2n) is 5.58. The highest BCUT2D eigenvalue weighted by Gasteiger charge is 2.41. The maximum absolute atomic E-state index is 12.6. The number of hydrogen-bond donors (Lipinski definition) is 1. The second-order valence-corrected chi connectivity index (χ2v) is 5.58. The molecule has 0 radical (unpaired) electrons. The molecule has 2 N–H and O–H groups in total. The number of piperidine rings is 1. The number of carbonyl (C=O) groups excluding carboxylic acids is 1. The molecule has 19 heavy (non-hydrogen) atoms. The van der Waals surface area contributed by atoms with Gasteiger partial charge in [0.2, 0.25) is 6.79 Å². The van der Waals surface area contributed by atoms with E-state index in [-0.39, 0.29) is 12.7 Å². The van der Waals surface area contributed by atoms with Gasteiger partial charge in [-0.3, -0.25) is 4.79 Å². The quantitative estimate of drug-likeness (QED) is 0.779. The van der Waals surface area contributed by atoms with Gasteiger partial charge in [-0.05, 0) is 31.2 Å². The van der Waals surface area contributed by atoms with Gasteiger partial charge in [-0.2, -0.15) is 0 Å². The summed E-state index contributed by atoms with van der Waals surface area (Å²) in [7, 11) is 0. The molecule has 2 fully saturated rings. The van der Waals surface area contributed by atoms with Crippen LogP contribution in [0.3, 0.4) is 0 Å². The zero-order chi connectivity index (χ0) is 13.0. The Hall–Kier alpha value is -1.91. The Morgan fingerprint density at radius 2 is 2.05 bits per heavy atom. The van der Waals surface area contributed by atoms with Gasteiger partial charge in [0, 0.05) is 24.3 Å². The van der Waals surface area contributed by atoms with Gasteiger partial charge in [-0.15, -0.1) is 0 Å². The Bertz CT molecular complexity index is 558. The summed E-state index contributed by atoms with van der Waals surface area (Å²) in [6.45, 7) is 1.07. The third-order valence-corrected chi connectivity index (χ3v) is 4.45. The molecule has 2 bridgehead atoms. The van der Waals surface area contributed by atoms with Gasteiger partial charge >= 0.3 is 0 Å². The maximum Gasteiger partial charge on any atom is 0.256 e.